The fourth-order valence-corrected chi connectivity index (χ4v) is 4.09. The van der Waals surface area contributed by atoms with Gasteiger partial charge in [-0.1, -0.05) is 12.1 Å². The smallest absolute Gasteiger partial charge is 0.223 e. The maximum atomic E-state index is 12.6. The quantitative estimate of drug-likeness (QED) is 0.853. The van der Waals surface area contributed by atoms with Gasteiger partial charge in [-0.2, -0.15) is 0 Å². The van der Waals surface area contributed by atoms with E-state index in [1.54, 1.807) is 0 Å². The molecule has 0 bridgehead atoms. The molecule has 2 saturated heterocycles. The Labute approximate surface area is 146 Å². The number of aryl methyl sites for hydroxylation is 1. The Bertz CT molecular complexity index is 578. The van der Waals surface area contributed by atoms with Crippen molar-refractivity contribution < 1.29 is 4.79 Å². The van der Waals surface area contributed by atoms with Crippen LogP contribution in [0.4, 0.5) is 5.69 Å². The fourth-order valence-electron chi connectivity index (χ4n) is 4.09. The molecule has 0 aliphatic carbocycles. The van der Waals surface area contributed by atoms with Crippen LogP contribution in [0.25, 0.3) is 0 Å². The number of piperazine rings is 1. The van der Waals surface area contributed by atoms with Crippen molar-refractivity contribution in [3.63, 3.8) is 0 Å². The molecule has 2 heterocycles. The Morgan fingerprint density at radius 2 is 1.88 bits per heavy atom. The second kappa shape index (κ2) is 7.56. The number of amides is 1. The van der Waals surface area contributed by atoms with Gasteiger partial charge in [-0.25, -0.2) is 0 Å². The zero-order chi connectivity index (χ0) is 17.1. The normalized spacial score (nSPS) is 22.7. The van der Waals surface area contributed by atoms with Gasteiger partial charge in [-0.15, -0.1) is 0 Å². The summed E-state index contributed by atoms with van der Waals surface area (Å²) in [4.78, 5) is 19.5. The van der Waals surface area contributed by atoms with E-state index in [1.807, 2.05) is 0 Å². The largest absolute Gasteiger partial charge is 0.368 e. The van der Waals surface area contributed by atoms with Crippen LogP contribution in [0.1, 0.15) is 30.4 Å². The minimum absolute atomic E-state index is 0.357. The first-order chi connectivity index (χ1) is 11.5. The van der Waals surface area contributed by atoms with E-state index in [1.165, 1.54) is 36.2 Å². The number of carbonyl (C=O) groups excluding carboxylic acids is 1. The number of carbonyl (C=O) groups is 1. The molecule has 0 spiro atoms. The highest BCUT2D eigenvalue weighted by Crippen LogP contribution is 2.25. The van der Waals surface area contributed by atoms with Crippen molar-refractivity contribution in [1.29, 1.82) is 0 Å². The molecule has 2 aliphatic heterocycles. The van der Waals surface area contributed by atoms with Gasteiger partial charge >= 0.3 is 0 Å². The molecule has 2 aliphatic rings. The summed E-state index contributed by atoms with van der Waals surface area (Å²) in [6, 6.07) is 6.51. The number of anilines is 1. The molecule has 0 radical (unpaired) electrons. The van der Waals surface area contributed by atoms with Gasteiger partial charge < -0.3 is 14.7 Å². The van der Waals surface area contributed by atoms with Crippen LogP contribution in [0.15, 0.2) is 18.2 Å². The van der Waals surface area contributed by atoms with Gasteiger partial charge in [0.15, 0.2) is 0 Å². The number of nitrogens with zero attached hydrogens (tertiary/aromatic N) is 3. The van der Waals surface area contributed by atoms with Gasteiger partial charge in [0, 0.05) is 44.8 Å². The Kier molecular flexibility index (Phi) is 5.44. The third-order valence-electron chi connectivity index (χ3n) is 5.73. The maximum Gasteiger partial charge on any atom is 0.223 e. The monoisotopic (exact) mass is 329 g/mol. The van der Waals surface area contributed by atoms with Gasteiger partial charge in [-0.05, 0) is 63.4 Å². The molecule has 0 N–H and O–H groups in total. The summed E-state index contributed by atoms with van der Waals surface area (Å²) in [5.41, 5.74) is 4.03. The van der Waals surface area contributed by atoms with Crippen LogP contribution in [0.5, 0.6) is 0 Å². The predicted octanol–water partition coefficient (Wildman–Crippen LogP) is 2.68. The van der Waals surface area contributed by atoms with Crippen molar-refractivity contribution in [2.75, 3.05) is 51.2 Å². The van der Waals surface area contributed by atoms with Gasteiger partial charge in [0.25, 0.3) is 0 Å². The van der Waals surface area contributed by atoms with E-state index in [0.717, 1.165) is 39.1 Å². The molecule has 0 saturated carbocycles. The van der Waals surface area contributed by atoms with E-state index < -0.39 is 0 Å². The summed E-state index contributed by atoms with van der Waals surface area (Å²) in [5.74, 6) is 0.907. The molecule has 4 heteroatoms. The Morgan fingerprint density at radius 3 is 2.58 bits per heavy atom. The van der Waals surface area contributed by atoms with Crippen molar-refractivity contribution in [1.82, 2.24) is 9.80 Å². The number of rotatable bonds is 3. The minimum Gasteiger partial charge on any atom is -0.368 e. The van der Waals surface area contributed by atoms with Crippen LogP contribution >= 0.6 is 0 Å². The number of piperidine rings is 1. The lowest BCUT2D eigenvalue weighted by molar-refractivity contribution is -0.132. The second-order valence-electron chi connectivity index (χ2n) is 7.56. The van der Waals surface area contributed by atoms with Crippen LogP contribution in [0, 0.1) is 19.8 Å². The standard InChI is InChI=1S/C20H31N3O/c1-16-6-4-8-19(17(16)2)22-10-12-23(13-11-22)20(24)14-18-7-5-9-21(3)15-18/h4,6,8,18H,5,7,9-15H2,1-3H3. The number of hydrogen-bond acceptors (Lipinski definition) is 3. The van der Waals surface area contributed by atoms with Crippen LogP contribution in [0.3, 0.4) is 0 Å². The lowest BCUT2D eigenvalue weighted by Crippen LogP contribution is -2.49. The maximum absolute atomic E-state index is 12.6. The summed E-state index contributed by atoms with van der Waals surface area (Å²) in [6.45, 7) is 10.2. The average molecular weight is 329 g/mol. The van der Waals surface area contributed by atoms with Gasteiger partial charge in [0.2, 0.25) is 5.91 Å². The Hall–Kier alpha value is -1.55. The Balaban J connectivity index is 1.53. The van der Waals surface area contributed by atoms with Gasteiger partial charge in [-0.3, -0.25) is 4.79 Å². The molecule has 1 aromatic rings. The van der Waals surface area contributed by atoms with Gasteiger partial charge in [0.1, 0.15) is 0 Å². The van der Waals surface area contributed by atoms with E-state index in [-0.39, 0.29) is 0 Å². The molecule has 1 unspecified atom stereocenters. The minimum atomic E-state index is 0.357. The average Bonchev–Trinajstić information content (AvgIpc) is 2.57. The lowest BCUT2D eigenvalue weighted by Gasteiger charge is -2.38. The topological polar surface area (TPSA) is 26.8 Å². The van der Waals surface area contributed by atoms with Crippen molar-refractivity contribution in [2.24, 2.45) is 5.92 Å². The van der Waals surface area contributed by atoms with E-state index in [4.69, 9.17) is 0 Å². The molecule has 0 aromatic heterocycles. The summed E-state index contributed by atoms with van der Waals surface area (Å²) in [7, 11) is 2.17. The van der Waals surface area contributed by atoms with Crippen LogP contribution in [-0.2, 0) is 4.79 Å². The molecule has 4 nitrogen and oxygen atoms in total. The van der Waals surface area contributed by atoms with E-state index in [9.17, 15) is 4.79 Å². The first kappa shape index (κ1) is 17.3. The molecular weight excluding hydrogens is 298 g/mol. The van der Waals surface area contributed by atoms with Crippen LogP contribution in [-0.4, -0.2) is 62.0 Å². The van der Waals surface area contributed by atoms with E-state index >= 15 is 0 Å². The number of benzene rings is 1. The second-order valence-corrected chi connectivity index (χ2v) is 7.56. The molecule has 3 rings (SSSR count). The first-order valence-corrected chi connectivity index (χ1v) is 9.32. The molecule has 24 heavy (non-hydrogen) atoms. The molecule has 1 amide bonds. The molecular formula is C20H31N3O. The van der Waals surface area contributed by atoms with E-state index in [0.29, 0.717) is 11.8 Å². The summed E-state index contributed by atoms with van der Waals surface area (Å²) in [5, 5.41) is 0. The predicted molar refractivity (Wildman–Crippen MR) is 99.5 cm³/mol. The third-order valence-corrected chi connectivity index (χ3v) is 5.73. The highest BCUT2D eigenvalue weighted by Gasteiger charge is 2.26. The molecule has 1 aromatic carbocycles. The van der Waals surface area contributed by atoms with Gasteiger partial charge in [0.05, 0.1) is 0 Å². The fraction of sp³-hybridized carbons (Fsp3) is 0.650. The Morgan fingerprint density at radius 1 is 1.12 bits per heavy atom. The number of hydrogen-bond donors (Lipinski definition) is 0. The van der Waals surface area contributed by atoms with Crippen LogP contribution in [0.2, 0.25) is 0 Å². The number of likely N-dealkylation sites (tertiary alicyclic amines) is 1. The van der Waals surface area contributed by atoms with Crippen molar-refractivity contribution in [3.05, 3.63) is 29.3 Å². The highest BCUT2D eigenvalue weighted by molar-refractivity contribution is 5.77. The highest BCUT2D eigenvalue weighted by atomic mass is 16.2. The zero-order valence-corrected chi connectivity index (χ0v) is 15.4. The molecule has 132 valence electrons. The SMILES string of the molecule is Cc1cccc(N2CCN(C(=O)CC3CCCN(C)C3)CC2)c1C. The zero-order valence-electron chi connectivity index (χ0n) is 15.4. The molecule has 1 atom stereocenters. The lowest BCUT2D eigenvalue weighted by atomic mass is 9.94. The van der Waals surface area contributed by atoms with Crippen molar-refractivity contribution >= 4 is 11.6 Å². The van der Waals surface area contributed by atoms with Crippen LogP contribution < -0.4 is 4.90 Å². The van der Waals surface area contributed by atoms with E-state index in [2.05, 4.69) is 53.8 Å². The summed E-state index contributed by atoms with van der Waals surface area (Å²) < 4.78 is 0. The van der Waals surface area contributed by atoms with Crippen molar-refractivity contribution in [3.8, 4) is 0 Å². The third kappa shape index (κ3) is 3.92. The first-order valence-electron chi connectivity index (χ1n) is 9.32. The summed E-state index contributed by atoms with van der Waals surface area (Å²) >= 11 is 0. The van der Waals surface area contributed by atoms with Crippen molar-refractivity contribution in [2.45, 2.75) is 33.1 Å². The molecule has 2 fully saturated rings. The summed E-state index contributed by atoms with van der Waals surface area (Å²) in [6.07, 6.45) is 3.17.